The number of hydrogen-bond acceptors (Lipinski definition) is 3. The Morgan fingerprint density at radius 2 is 1.63 bits per heavy atom. The molecular formula is C22H23NO4. The van der Waals surface area contributed by atoms with E-state index in [0.29, 0.717) is 36.2 Å². The van der Waals surface area contributed by atoms with E-state index in [1.807, 2.05) is 6.07 Å². The summed E-state index contributed by atoms with van der Waals surface area (Å²) in [6.45, 7) is 1.18. The molecule has 2 aromatic carbocycles. The molecule has 1 aliphatic rings. The molecule has 0 bridgehead atoms. The summed E-state index contributed by atoms with van der Waals surface area (Å²) in [5.74, 6) is -0.943. The minimum atomic E-state index is -0.808. The van der Waals surface area contributed by atoms with E-state index in [1.165, 1.54) is 0 Å². The van der Waals surface area contributed by atoms with Crippen LogP contribution in [0.25, 0.3) is 0 Å². The first-order valence-electron chi connectivity index (χ1n) is 9.26. The summed E-state index contributed by atoms with van der Waals surface area (Å²) in [7, 11) is 0. The minimum Gasteiger partial charge on any atom is -0.481 e. The predicted molar refractivity (Wildman–Crippen MR) is 102 cm³/mol. The molecule has 0 spiro atoms. The average molecular weight is 365 g/mol. The molecule has 2 aromatic rings. The molecule has 0 saturated carbocycles. The van der Waals surface area contributed by atoms with E-state index in [0.717, 1.165) is 12.8 Å². The monoisotopic (exact) mass is 365 g/mol. The van der Waals surface area contributed by atoms with Gasteiger partial charge in [0.15, 0.2) is 5.78 Å². The zero-order valence-electron chi connectivity index (χ0n) is 15.1. The van der Waals surface area contributed by atoms with Gasteiger partial charge in [0.2, 0.25) is 0 Å². The Balaban J connectivity index is 1.79. The number of carbonyl (C=O) groups excluding carboxylic acids is 2. The van der Waals surface area contributed by atoms with E-state index >= 15 is 0 Å². The fourth-order valence-electron chi connectivity index (χ4n) is 3.60. The molecule has 0 radical (unpaired) electrons. The third-order valence-corrected chi connectivity index (χ3v) is 5.01. The summed E-state index contributed by atoms with van der Waals surface area (Å²) in [5, 5.41) is 8.88. The third-order valence-electron chi connectivity index (χ3n) is 5.01. The maximum atomic E-state index is 13.1. The van der Waals surface area contributed by atoms with Gasteiger partial charge in [-0.25, -0.2) is 0 Å². The van der Waals surface area contributed by atoms with Crippen LogP contribution in [0.1, 0.15) is 52.0 Å². The number of piperidine rings is 1. The molecular weight excluding hydrogens is 342 g/mol. The normalized spacial score (nSPS) is 16.7. The van der Waals surface area contributed by atoms with Crippen molar-refractivity contribution < 1.29 is 19.5 Å². The maximum Gasteiger partial charge on any atom is 0.303 e. The van der Waals surface area contributed by atoms with Crippen LogP contribution in [0.4, 0.5) is 0 Å². The van der Waals surface area contributed by atoms with Crippen molar-refractivity contribution in [2.24, 2.45) is 5.92 Å². The van der Waals surface area contributed by atoms with E-state index in [4.69, 9.17) is 5.11 Å². The zero-order valence-corrected chi connectivity index (χ0v) is 15.1. The number of carbonyl (C=O) groups is 3. The smallest absolute Gasteiger partial charge is 0.303 e. The number of ketones is 1. The van der Waals surface area contributed by atoms with Gasteiger partial charge in [0, 0.05) is 30.6 Å². The highest BCUT2D eigenvalue weighted by Crippen LogP contribution is 2.24. The molecule has 0 aromatic heterocycles. The van der Waals surface area contributed by atoms with E-state index < -0.39 is 5.97 Å². The van der Waals surface area contributed by atoms with Crippen LogP contribution in [0.5, 0.6) is 0 Å². The predicted octanol–water partition coefficient (Wildman–Crippen LogP) is 3.63. The largest absolute Gasteiger partial charge is 0.481 e. The van der Waals surface area contributed by atoms with Gasteiger partial charge in [-0.2, -0.15) is 0 Å². The Labute approximate surface area is 158 Å². The Morgan fingerprint density at radius 1 is 0.963 bits per heavy atom. The fourth-order valence-corrected chi connectivity index (χ4v) is 3.60. The number of rotatable bonds is 6. The molecule has 0 unspecified atom stereocenters. The maximum absolute atomic E-state index is 13.1. The number of likely N-dealkylation sites (tertiary alicyclic amines) is 1. The second-order valence-corrected chi connectivity index (χ2v) is 6.93. The van der Waals surface area contributed by atoms with Gasteiger partial charge in [-0.15, -0.1) is 0 Å². The first kappa shape index (κ1) is 18.8. The van der Waals surface area contributed by atoms with Crippen molar-refractivity contribution >= 4 is 17.7 Å². The first-order chi connectivity index (χ1) is 13.1. The summed E-state index contributed by atoms with van der Waals surface area (Å²) in [5.41, 5.74) is 1.36. The number of nitrogens with zero attached hydrogens (tertiary/aromatic N) is 1. The first-order valence-corrected chi connectivity index (χ1v) is 9.26. The molecule has 5 nitrogen and oxygen atoms in total. The molecule has 1 N–H and O–H groups in total. The van der Waals surface area contributed by atoms with Gasteiger partial charge in [0.25, 0.3) is 5.91 Å². The van der Waals surface area contributed by atoms with Crippen LogP contribution < -0.4 is 0 Å². The fraction of sp³-hybridized carbons (Fsp3) is 0.318. The van der Waals surface area contributed by atoms with Crippen molar-refractivity contribution in [3.63, 3.8) is 0 Å². The molecule has 1 saturated heterocycles. The lowest BCUT2D eigenvalue weighted by molar-refractivity contribution is -0.137. The quantitative estimate of drug-likeness (QED) is 0.793. The minimum absolute atomic E-state index is 0.121. The van der Waals surface area contributed by atoms with Crippen molar-refractivity contribution in [2.45, 2.75) is 25.7 Å². The van der Waals surface area contributed by atoms with Gasteiger partial charge in [-0.05, 0) is 31.2 Å². The van der Waals surface area contributed by atoms with E-state index in [9.17, 15) is 14.4 Å². The van der Waals surface area contributed by atoms with Crippen LogP contribution in [-0.4, -0.2) is 40.8 Å². The van der Waals surface area contributed by atoms with Gasteiger partial charge < -0.3 is 10.0 Å². The number of hydrogen-bond donors (Lipinski definition) is 1. The van der Waals surface area contributed by atoms with Gasteiger partial charge in [-0.3, -0.25) is 14.4 Å². The van der Waals surface area contributed by atoms with Crippen molar-refractivity contribution in [3.8, 4) is 0 Å². The number of aliphatic carboxylic acids is 1. The lowest BCUT2D eigenvalue weighted by atomic mass is 9.92. The summed E-state index contributed by atoms with van der Waals surface area (Å²) >= 11 is 0. The number of carboxylic acids is 1. The molecule has 1 fully saturated rings. The summed E-state index contributed by atoms with van der Waals surface area (Å²) < 4.78 is 0. The van der Waals surface area contributed by atoms with Crippen molar-refractivity contribution in [1.82, 2.24) is 4.90 Å². The van der Waals surface area contributed by atoms with Gasteiger partial charge >= 0.3 is 5.97 Å². The Bertz CT molecular complexity index is 831. The topological polar surface area (TPSA) is 74.7 Å². The molecule has 1 aliphatic heterocycles. The average Bonchev–Trinajstić information content (AvgIpc) is 2.72. The van der Waals surface area contributed by atoms with E-state index in [-0.39, 0.29) is 24.0 Å². The van der Waals surface area contributed by atoms with Gasteiger partial charge in [-0.1, -0.05) is 48.5 Å². The SMILES string of the molecule is O=C(O)CC[C@H]1CCCN(C(=O)c2ccccc2C(=O)c2ccccc2)C1. The summed E-state index contributed by atoms with van der Waals surface area (Å²) in [4.78, 5) is 38.5. The van der Waals surface area contributed by atoms with Crippen LogP contribution >= 0.6 is 0 Å². The van der Waals surface area contributed by atoms with E-state index in [1.54, 1.807) is 53.4 Å². The Morgan fingerprint density at radius 3 is 2.33 bits per heavy atom. The molecule has 1 amide bonds. The highest BCUT2D eigenvalue weighted by molar-refractivity contribution is 6.15. The molecule has 1 atom stereocenters. The lowest BCUT2D eigenvalue weighted by Gasteiger charge is -2.33. The molecule has 0 aliphatic carbocycles. The van der Waals surface area contributed by atoms with Crippen LogP contribution in [-0.2, 0) is 4.79 Å². The standard InChI is InChI=1S/C22H23NO4/c24-20(25)13-12-16-7-6-14-23(15-16)22(27)19-11-5-4-10-18(19)21(26)17-8-2-1-3-9-17/h1-5,8-11,16H,6-7,12-15H2,(H,24,25)/t16-/m1/s1. The van der Waals surface area contributed by atoms with Gasteiger partial charge in [0.05, 0.1) is 5.56 Å². The number of benzene rings is 2. The molecule has 3 rings (SSSR count). The number of amides is 1. The van der Waals surface area contributed by atoms with Crippen LogP contribution in [0, 0.1) is 5.92 Å². The lowest BCUT2D eigenvalue weighted by Crippen LogP contribution is -2.40. The summed E-state index contributed by atoms with van der Waals surface area (Å²) in [6.07, 6.45) is 2.48. The van der Waals surface area contributed by atoms with E-state index in [2.05, 4.69) is 0 Å². The van der Waals surface area contributed by atoms with Crippen LogP contribution in [0.3, 0.4) is 0 Å². The van der Waals surface area contributed by atoms with Gasteiger partial charge in [0.1, 0.15) is 0 Å². The Kier molecular flexibility index (Phi) is 6.01. The highest BCUT2D eigenvalue weighted by Gasteiger charge is 2.27. The Hall–Kier alpha value is -2.95. The zero-order chi connectivity index (χ0) is 19.2. The highest BCUT2D eigenvalue weighted by atomic mass is 16.4. The van der Waals surface area contributed by atoms with Crippen molar-refractivity contribution in [3.05, 3.63) is 71.3 Å². The van der Waals surface area contributed by atoms with Crippen molar-refractivity contribution in [1.29, 1.82) is 0 Å². The van der Waals surface area contributed by atoms with Crippen molar-refractivity contribution in [2.75, 3.05) is 13.1 Å². The third kappa shape index (κ3) is 4.61. The molecule has 5 heteroatoms. The number of carboxylic acid groups (broad SMARTS) is 1. The molecule has 1 heterocycles. The summed E-state index contributed by atoms with van der Waals surface area (Å²) in [6, 6.07) is 15.8. The van der Waals surface area contributed by atoms with Crippen LogP contribution in [0.15, 0.2) is 54.6 Å². The second kappa shape index (κ2) is 8.62. The second-order valence-electron chi connectivity index (χ2n) is 6.93. The molecule has 140 valence electrons. The molecule has 27 heavy (non-hydrogen) atoms. The van der Waals surface area contributed by atoms with Crippen LogP contribution in [0.2, 0.25) is 0 Å².